The molecule has 0 spiro atoms. The van der Waals surface area contributed by atoms with Crippen LogP contribution < -0.4 is 11.1 Å². The van der Waals surface area contributed by atoms with Crippen molar-refractivity contribution < 1.29 is 4.79 Å². The molecule has 130 valence electrons. The summed E-state index contributed by atoms with van der Waals surface area (Å²) < 4.78 is 0. The second kappa shape index (κ2) is 6.61. The van der Waals surface area contributed by atoms with Crippen LogP contribution in [0.4, 0.5) is 0 Å². The highest BCUT2D eigenvalue weighted by atomic mass is 16.1. The molecular formula is C21H20N4O. The predicted octanol–water partition coefficient (Wildman–Crippen LogP) is 3.53. The molecule has 26 heavy (non-hydrogen) atoms. The number of carbonyl (C=O) groups excluding carboxylic acids is 1. The van der Waals surface area contributed by atoms with Gasteiger partial charge in [0.25, 0.3) is 5.91 Å². The number of amides is 1. The summed E-state index contributed by atoms with van der Waals surface area (Å²) in [7, 11) is 0. The molecule has 0 fully saturated rings. The molecule has 2 atom stereocenters. The van der Waals surface area contributed by atoms with Crippen LogP contribution in [0.1, 0.15) is 28.9 Å². The molecule has 0 bridgehead atoms. The van der Waals surface area contributed by atoms with Crippen LogP contribution in [0.2, 0.25) is 0 Å². The normalized spacial score (nSPS) is 13.6. The Balaban J connectivity index is 1.64. The first-order valence-electron chi connectivity index (χ1n) is 8.60. The molecule has 0 radical (unpaired) electrons. The third-order valence-electron chi connectivity index (χ3n) is 4.61. The van der Waals surface area contributed by atoms with E-state index in [0.29, 0.717) is 5.56 Å². The maximum atomic E-state index is 12.7. The second-order valence-electron chi connectivity index (χ2n) is 6.56. The van der Waals surface area contributed by atoms with Crippen molar-refractivity contribution in [2.45, 2.75) is 19.0 Å². The molecule has 4 rings (SSSR count). The first kappa shape index (κ1) is 16.3. The first-order valence-corrected chi connectivity index (χ1v) is 8.60. The Hall–Kier alpha value is -3.18. The largest absolute Gasteiger partial charge is 0.346 e. The van der Waals surface area contributed by atoms with Gasteiger partial charge in [0, 0.05) is 23.8 Å². The van der Waals surface area contributed by atoms with Crippen molar-refractivity contribution in [1.29, 1.82) is 0 Å². The van der Waals surface area contributed by atoms with Gasteiger partial charge in [-0.3, -0.25) is 4.79 Å². The van der Waals surface area contributed by atoms with Crippen LogP contribution in [0.3, 0.4) is 0 Å². The Kier molecular flexibility index (Phi) is 4.14. The Morgan fingerprint density at radius 1 is 1.08 bits per heavy atom. The third-order valence-corrected chi connectivity index (χ3v) is 4.61. The van der Waals surface area contributed by atoms with Gasteiger partial charge in [0.2, 0.25) is 0 Å². The number of carbonyl (C=O) groups is 1. The molecule has 2 aromatic carbocycles. The maximum absolute atomic E-state index is 12.7. The molecular weight excluding hydrogens is 324 g/mol. The van der Waals surface area contributed by atoms with Crippen molar-refractivity contribution in [2.24, 2.45) is 5.73 Å². The number of hydrogen-bond acceptors (Lipinski definition) is 3. The minimum atomic E-state index is -0.283. The Morgan fingerprint density at radius 2 is 1.88 bits per heavy atom. The zero-order valence-corrected chi connectivity index (χ0v) is 14.4. The van der Waals surface area contributed by atoms with Crippen LogP contribution in [-0.4, -0.2) is 21.9 Å². The lowest BCUT2D eigenvalue weighted by Gasteiger charge is -2.23. The van der Waals surface area contributed by atoms with Crippen molar-refractivity contribution in [2.75, 3.05) is 0 Å². The molecule has 0 aliphatic carbocycles. The van der Waals surface area contributed by atoms with Crippen molar-refractivity contribution >= 4 is 27.7 Å². The predicted molar refractivity (Wildman–Crippen MR) is 104 cm³/mol. The summed E-state index contributed by atoms with van der Waals surface area (Å²) in [4.78, 5) is 20.1. The standard InChI is InChI=1S/C21H20N4O/c1-13(22)19(16-7-6-14-4-2-3-5-15(14)10-16)25-21(26)18-11-17-8-9-23-20(17)24-12-18/h2-13,19H,22H2,1H3,(H,23,24)(H,25,26). The fraction of sp³-hybridized carbons (Fsp3) is 0.143. The van der Waals surface area contributed by atoms with Gasteiger partial charge in [-0.05, 0) is 41.5 Å². The second-order valence-corrected chi connectivity index (χ2v) is 6.56. The van der Waals surface area contributed by atoms with Gasteiger partial charge in [0.05, 0.1) is 11.6 Å². The van der Waals surface area contributed by atoms with Gasteiger partial charge in [-0.25, -0.2) is 4.98 Å². The van der Waals surface area contributed by atoms with Crippen LogP contribution in [0.5, 0.6) is 0 Å². The highest BCUT2D eigenvalue weighted by Gasteiger charge is 2.20. The average Bonchev–Trinajstić information content (AvgIpc) is 3.13. The molecule has 2 unspecified atom stereocenters. The molecule has 2 heterocycles. The van der Waals surface area contributed by atoms with E-state index in [1.165, 1.54) is 0 Å². The molecule has 5 nitrogen and oxygen atoms in total. The Bertz CT molecular complexity index is 1080. The lowest BCUT2D eigenvalue weighted by molar-refractivity contribution is 0.0931. The lowest BCUT2D eigenvalue weighted by atomic mass is 9.97. The summed E-state index contributed by atoms with van der Waals surface area (Å²) in [6.45, 7) is 1.90. The average molecular weight is 344 g/mol. The third kappa shape index (κ3) is 3.05. The van der Waals surface area contributed by atoms with Gasteiger partial charge in [-0.2, -0.15) is 0 Å². The van der Waals surface area contributed by atoms with Crippen molar-refractivity contribution in [3.05, 3.63) is 78.1 Å². The zero-order chi connectivity index (χ0) is 18.1. The summed E-state index contributed by atoms with van der Waals surface area (Å²) in [5.41, 5.74) is 8.45. The molecule has 2 aromatic heterocycles. The van der Waals surface area contributed by atoms with E-state index in [-0.39, 0.29) is 18.0 Å². The highest BCUT2D eigenvalue weighted by molar-refractivity contribution is 5.97. The molecule has 0 saturated heterocycles. The van der Waals surface area contributed by atoms with E-state index in [9.17, 15) is 4.79 Å². The quantitative estimate of drug-likeness (QED) is 0.529. The van der Waals surface area contributed by atoms with Crippen LogP contribution in [-0.2, 0) is 0 Å². The van der Waals surface area contributed by atoms with Crippen molar-refractivity contribution in [3.63, 3.8) is 0 Å². The Labute approximate surface area is 151 Å². The number of aromatic amines is 1. The molecule has 0 aliphatic rings. The van der Waals surface area contributed by atoms with Crippen LogP contribution in [0.25, 0.3) is 21.8 Å². The number of hydrogen-bond donors (Lipinski definition) is 3. The van der Waals surface area contributed by atoms with Crippen LogP contribution in [0, 0.1) is 0 Å². The molecule has 5 heteroatoms. The van der Waals surface area contributed by atoms with E-state index >= 15 is 0 Å². The van der Waals surface area contributed by atoms with Crippen LogP contribution >= 0.6 is 0 Å². The van der Waals surface area contributed by atoms with Gasteiger partial charge in [-0.15, -0.1) is 0 Å². The smallest absolute Gasteiger partial charge is 0.253 e. The molecule has 1 amide bonds. The van der Waals surface area contributed by atoms with E-state index in [4.69, 9.17) is 5.73 Å². The molecule has 0 saturated carbocycles. The number of aromatic nitrogens is 2. The number of nitrogens with zero attached hydrogens (tertiary/aromatic N) is 1. The highest BCUT2D eigenvalue weighted by Crippen LogP contribution is 2.23. The number of H-pyrrole nitrogens is 1. The monoisotopic (exact) mass is 344 g/mol. The first-order chi connectivity index (χ1) is 12.6. The number of benzene rings is 2. The number of rotatable bonds is 4. The minimum absolute atomic E-state index is 0.184. The lowest BCUT2D eigenvalue weighted by Crippen LogP contribution is -2.39. The summed E-state index contributed by atoms with van der Waals surface area (Å²) in [5.74, 6) is -0.184. The van der Waals surface area contributed by atoms with E-state index in [1.807, 2.05) is 37.3 Å². The minimum Gasteiger partial charge on any atom is -0.346 e. The SMILES string of the molecule is CC(N)C(NC(=O)c1cnc2[nH]ccc2c1)c1ccc2ccccc2c1. The van der Waals surface area contributed by atoms with E-state index in [1.54, 1.807) is 12.4 Å². The number of fused-ring (bicyclic) bond motifs is 2. The van der Waals surface area contributed by atoms with Crippen LogP contribution in [0.15, 0.2) is 67.0 Å². The van der Waals surface area contributed by atoms with Gasteiger partial charge < -0.3 is 16.0 Å². The van der Waals surface area contributed by atoms with Gasteiger partial charge >= 0.3 is 0 Å². The Morgan fingerprint density at radius 3 is 2.69 bits per heavy atom. The fourth-order valence-electron chi connectivity index (χ4n) is 3.21. The van der Waals surface area contributed by atoms with Crippen molar-refractivity contribution in [3.8, 4) is 0 Å². The summed E-state index contributed by atoms with van der Waals surface area (Å²) >= 11 is 0. The molecule has 4 N–H and O–H groups in total. The van der Waals surface area contributed by atoms with Gasteiger partial charge in [0.15, 0.2) is 0 Å². The van der Waals surface area contributed by atoms with E-state index in [0.717, 1.165) is 27.4 Å². The van der Waals surface area contributed by atoms with Gasteiger partial charge in [0.1, 0.15) is 5.65 Å². The van der Waals surface area contributed by atoms with E-state index in [2.05, 4.69) is 39.6 Å². The summed E-state index contributed by atoms with van der Waals surface area (Å²) in [6.07, 6.45) is 3.38. The summed E-state index contributed by atoms with van der Waals surface area (Å²) in [6, 6.07) is 17.5. The van der Waals surface area contributed by atoms with Gasteiger partial charge in [-0.1, -0.05) is 36.4 Å². The number of nitrogens with one attached hydrogen (secondary N) is 2. The summed E-state index contributed by atoms with van der Waals surface area (Å²) in [5, 5.41) is 6.25. The maximum Gasteiger partial charge on any atom is 0.253 e. The number of pyridine rings is 1. The van der Waals surface area contributed by atoms with E-state index < -0.39 is 0 Å². The molecule has 4 aromatic rings. The van der Waals surface area contributed by atoms with Crippen molar-refractivity contribution in [1.82, 2.24) is 15.3 Å². The topological polar surface area (TPSA) is 83.8 Å². The fourth-order valence-corrected chi connectivity index (χ4v) is 3.21. The number of nitrogens with two attached hydrogens (primary N) is 1. The molecule has 0 aliphatic heterocycles. The zero-order valence-electron chi connectivity index (χ0n) is 14.4.